The van der Waals surface area contributed by atoms with Crippen LogP contribution in [0.5, 0.6) is 0 Å². The van der Waals surface area contributed by atoms with Crippen molar-refractivity contribution in [3.63, 3.8) is 0 Å². The molecule has 1 unspecified atom stereocenters. The summed E-state index contributed by atoms with van der Waals surface area (Å²) in [6.45, 7) is 3.13. The largest absolute Gasteiger partial charge is 0.381 e. The Labute approximate surface area is 103 Å². The van der Waals surface area contributed by atoms with Crippen LogP contribution in [-0.2, 0) is 14.8 Å². The molecule has 5 nitrogen and oxygen atoms in total. The highest BCUT2D eigenvalue weighted by Gasteiger charge is 2.37. The molecule has 2 fully saturated rings. The zero-order valence-corrected chi connectivity index (χ0v) is 11.0. The van der Waals surface area contributed by atoms with Gasteiger partial charge in [0.2, 0.25) is 10.0 Å². The summed E-state index contributed by atoms with van der Waals surface area (Å²) in [6, 6.07) is 0. The van der Waals surface area contributed by atoms with Gasteiger partial charge >= 0.3 is 0 Å². The number of sulfonamides is 1. The molecule has 2 rings (SSSR count). The summed E-state index contributed by atoms with van der Waals surface area (Å²) in [4.78, 5) is 0. The number of ether oxygens (including phenoxy) is 1. The first-order valence-corrected chi connectivity index (χ1v) is 7.91. The number of rotatable bonds is 4. The average Bonchev–Trinajstić information content (AvgIpc) is 2.80. The van der Waals surface area contributed by atoms with Gasteiger partial charge in [-0.25, -0.2) is 12.7 Å². The minimum absolute atomic E-state index is 0.229. The zero-order chi connectivity index (χ0) is 12.3. The third-order valence-electron chi connectivity index (χ3n) is 3.77. The molecule has 2 heterocycles. The van der Waals surface area contributed by atoms with Crippen molar-refractivity contribution in [2.75, 3.05) is 32.8 Å². The highest BCUT2D eigenvalue weighted by Crippen LogP contribution is 2.27. The summed E-state index contributed by atoms with van der Waals surface area (Å²) in [5.74, 6) is 0.453. The van der Waals surface area contributed by atoms with Gasteiger partial charge in [0.15, 0.2) is 0 Å². The number of hydrogen-bond acceptors (Lipinski definition) is 4. The molecule has 100 valence electrons. The summed E-state index contributed by atoms with van der Waals surface area (Å²) in [7, 11) is -3.10. The lowest BCUT2D eigenvalue weighted by Crippen LogP contribution is -2.40. The molecular weight excluding hydrogens is 240 g/mol. The second kappa shape index (κ2) is 5.65. The Bertz CT molecular complexity index is 339. The van der Waals surface area contributed by atoms with E-state index in [1.165, 1.54) is 0 Å². The van der Waals surface area contributed by atoms with Crippen molar-refractivity contribution in [3.05, 3.63) is 0 Å². The second-order valence-electron chi connectivity index (χ2n) is 4.95. The smallest absolute Gasteiger partial charge is 0.217 e. The topological polar surface area (TPSA) is 72.6 Å². The fraction of sp³-hybridized carbons (Fsp3) is 1.00. The Hall–Kier alpha value is -0.170. The molecule has 2 aliphatic rings. The molecule has 1 atom stereocenters. The molecule has 0 aromatic carbocycles. The Morgan fingerprint density at radius 1 is 1.24 bits per heavy atom. The normalized spacial score (nSPS) is 28.6. The summed E-state index contributed by atoms with van der Waals surface area (Å²) in [6.07, 6.45) is 3.17. The van der Waals surface area contributed by atoms with Crippen molar-refractivity contribution in [2.45, 2.75) is 30.9 Å². The molecule has 2 N–H and O–H groups in total. The molecule has 0 bridgehead atoms. The highest BCUT2D eigenvalue weighted by atomic mass is 32.2. The lowest BCUT2D eigenvalue weighted by Gasteiger charge is -2.27. The minimum Gasteiger partial charge on any atom is -0.381 e. The van der Waals surface area contributed by atoms with Gasteiger partial charge in [0.1, 0.15) is 0 Å². The first-order valence-electron chi connectivity index (χ1n) is 6.41. The summed E-state index contributed by atoms with van der Waals surface area (Å²) < 4.78 is 31.6. The maximum absolute atomic E-state index is 12.4. The van der Waals surface area contributed by atoms with Crippen LogP contribution < -0.4 is 5.73 Å². The third-order valence-corrected chi connectivity index (χ3v) is 6.14. The summed E-state index contributed by atoms with van der Waals surface area (Å²) in [5.41, 5.74) is 5.52. The fourth-order valence-electron chi connectivity index (χ4n) is 2.68. The number of hydrogen-bond donors (Lipinski definition) is 1. The van der Waals surface area contributed by atoms with E-state index in [-0.39, 0.29) is 5.25 Å². The van der Waals surface area contributed by atoms with Crippen LogP contribution in [0.15, 0.2) is 0 Å². The molecule has 0 amide bonds. The van der Waals surface area contributed by atoms with Crippen LogP contribution in [-0.4, -0.2) is 50.8 Å². The highest BCUT2D eigenvalue weighted by molar-refractivity contribution is 7.89. The lowest BCUT2D eigenvalue weighted by molar-refractivity contribution is 0.0973. The standard InChI is InChI=1S/C11H22N2O3S/c12-5-1-10-2-6-13(9-10)17(14,15)11-3-7-16-8-4-11/h10-11H,1-9,12H2. The Balaban J connectivity index is 1.96. The Morgan fingerprint density at radius 3 is 2.59 bits per heavy atom. The van der Waals surface area contributed by atoms with Gasteiger partial charge in [-0.05, 0) is 38.1 Å². The molecule has 6 heteroatoms. The van der Waals surface area contributed by atoms with E-state index in [1.807, 2.05) is 0 Å². The van der Waals surface area contributed by atoms with Gasteiger partial charge in [0, 0.05) is 26.3 Å². The van der Waals surface area contributed by atoms with Gasteiger partial charge in [0.05, 0.1) is 5.25 Å². The maximum atomic E-state index is 12.4. The van der Waals surface area contributed by atoms with Gasteiger partial charge in [-0.3, -0.25) is 0 Å². The summed E-state index contributed by atoms with van der Waals surface area (Å²) >= 11 is 0. The van der Waals surface area contributed by atoms with Crippen molar-refractivity contribution in [3.8, 4) is 0 Å². The van der Waals surface area contributed by atoms with Gasteiger partial charge < -0.3 is 10.5 Å². The molecule has 2 saturated heterocycles. The average molecular weight is 262 g/mol. The van der Waals surface area contributed by atoms with E-state index in [4.69, 9.17) is 10.5 Å². The van der Waals surface area contributed by atoms with E-state index >= 15 is 0 Å². The number of nitrogens with zero attached hydrogens (tertiary/aromatic N) is 1. The van der Waals surface area contributed by atoms with Gasteiger partial charge in [-0.1, -0.05) is 0 Å². The predicted octanol–water partition coefficient (Wildman–Crippen LogP) is 0.166. The minimum atomic E-state index is -3.10. The van der Waals surface area contributed by atoms with Crippen LogP contribution in [0.1, 0.15) is 25.7 Å². The Morgan fingerprint density at radius 2 is 1.94 bits per heavy atom. The molecule has 0 aliphatic carbocycles. The molecule has 0 aromatic rings. The molecule has 0 saturated carbocycles. The van der Waals surface area contributed by atoms with Crippen LogP contribution in [0.3, 0.4) is 0 Å². The van der Waals surface area contributed by atoms with Crippen molar-refractivity contribution in [2.24, 2.45) is 11.7 Å². The van der Waals surface area contributed by atoms with Crippen LogP contribution in [0, 0.1) is 5.92 Å². The van der Waals surface area contributed by atoms with Gasteiger partial charge in [0.25, 0.3) is 0 Å². The van der Waals surface area contributed by atoms with Crippen LogP contribution in [0.25, 0.3) is 0 Å². The molecule has 0 radical (unpaired) electrons. The van der Waals surface area contributed by atoms with Crippen LogP contribution in [0.2, 0.25) is 0 Å². The lowest BCUT2D eigenvalue weighted by atomic mass is 10.1. The van der Waals surface area contributed by atoms with Crippen molar-refractivity contribution < 1.29 is 13.2 Å². The van der Waals surface area contributed by atoms with Crippen molar-refractivity contribution >= 4 is 10.0 Å². The second-order valence-corrected chi connectivity index (χ2v) is 7.16. The summed E-state index contributed by atoms with van der Waals surface area (Å²) in [5, 5.41) is -0.229. The molecule has 17 heavy (non-hydrogen) atoms. The molecule has 0 spiro atoms. The molecule has 0 aromatic heterocycles. The molecule has 2 aliphatic heterocycles. The monoisotopic (exact) mass is 262 g/mol. The van der Waals surface area contributed by atoms with Gasteiger partial charge in [-0.15, -0.1) is 0 Å². The van der Waals surface area contributed by atoms with Crippen LogP contribution >= 0.6 is 0 Å². The SMILES string of the molecule is NCCC1CCN(S(=O)(=O)C2CCOCC2)C1. The van der Waals surface area contributed by atoms with Crippen molar-refractivity contribution in [1.82, 2.24) is 4.31 Å². The number of nitrogens with two attached hydrogens (primary N) is 1. The van der Waals surface area contributed by atoms with Gasteiger partial charge in [-0.2, -0.15) is 0 Å². The van der Waals surface area contributed by atoms with E-state index in [0.717, 1.165) is 12.8 Å². The van der Waals surface area contributed by atoms with E-state index in [1.54, 1.807) is 4.31 Å². The van der Waals surface area contributed by atoms with Crippen molar-refractivity contribution in [1.29, 1.82) is 0 Å². The van der Waals surface area contributed by atoms with E-state index < -0.39 is 10.0 Å². The zero-order valence-electron chi connectivity index (χ0n) is 10.2. The Kier molecular flexibility index (Phi) is 4.41. The quantitative estimate of drug-likeness (QED) is 0.783. The first kappa shape index (κ1) is 13.3. The van der Waals surface area contributed by atoms with E-state index in [2.05, 4.69) is 0 Å². The van der Waals surface area contributed by atoms with E-state index in [9.17, 15) is 8.42 Å². The fourth-order valence-corrected chi connectivity index (χ4v) is 4.67. The van der Waals surface area contributed by atoms with E-state index in [0.29, 0.717) is 51.6 Å². The van der Waals surface area contributed by atoms with Crippen LogP contribution in [0.4, 0.5) is 0 Å². The first-order chi connectivity index (χ1) is 8.14. The molecular formula is C11H22N2O3S. The predicted molar refractivity (Wildman–Crippen MR) is 66.1 cm³/mol. The third kappa shape index (κ3) is 2.99. The maximum Gasteiger partial charge on any atom is 0.217 e.